The molecule has 0 N–H and O–H groups in total. The molecule has 164 valence electrons. The van der Waals surface area contributed by atoms with Gasteiger partial charge in [0, 0.05) is 3.57 Å². The minimum Gasteiger partial charge on any atom is -0.488 e. The highest BCUT2D eigenvalue weighted by atomic mass is 127. The van der Waals surface area contributed by atoms with Crippen LogP contribution in [0.25, 0.3) is 6.08 Å². The van der Waals surface area contributed by atoms with Crippen molar-refractivity contribution in [1.82, 2.24) is 4.90 Å². The average molecular weight is 631 g/mol. The van der Waals surface area contributed by atoms with Crippen LogP contribution in [0.5, 0.6) is 5.75 Å². The zero-order chi connectivity index (χ0) is 23.4. The summed E-state index contributed by atoms with van der Waals surface area (Å²) in [5, 5.41) is 8.91. The summed E-state index contributed by atoms with van der Waals surface area (Å²) >= 11 is 6.68. The molecule has 3 aromatic rings. The quantitative estimate of drug-likeness (QED) is 0.223. The van der Waals surface area contributed by atoms with Crippen molar-refractivity contribution in [2.75, 3.05) is 0 Å². The summed E-state index contributed by atoms with van der Waals surface area (Å²) in [7, 11) is 0. The smallest absolute Gasteiger partial charge is 0.293 e. The van der Waals surface area contributed by atoms with E-state index in [1.165, 1.54) is 8.47 Å². The molecule has 0 bridgehead atoms. The van der Waals surface area contributed by atoms with E-state index in [0.29, 0.717) is 28.4 Å². The van der Waals surface area contributed by atoms with E-state index in [0.717, 1.165) is 27.4 Å². The first-order valence-electron chi connectivity index (χ1n) is 9.85. The predicted molar refractivity (Wildman–Crippen MR) is 140 cm³/mol. The Kier molecular flexibility index (Phi) is 7.53. The molecular weight excluding hydrogens is 615 g/mol. The van der Waals surface area contributed by atoms with Gasteiger partial charge in [-0.05, 0) is 103 Å². The summed E-state index contributed by atoms with van der Waals surface area (Å²) in [6.45, 7) is 0.513. The first kappa shape index (κ1) is 23.5. The molecule has 0 atom stereocenters. The summed E-state index contributed by atoms with van der Waals surface area (Å²) in [5.74, 6) is 0.319. The van der Waals surface area contributed by atoms with Gasteiger partial charge in [-0.3, -0.25) is 14.5 Å². The lowest BCUT2D eigenvalue weighted by Crippen LogP contribution is -2.27. The molecule has 1 aliphatic rings. The van der Waals surface area contributed by atoms with Gasteiger partial charge in [0.25, 0.3) is 11.1 Å². The van der Waals surface area contributed by atoms with Gasteiger partial charge in [0.15, 0.2) is 0 Å². The minimum absolute atomic E-state index is 0.0702. The van der Waals surface area contributed by atoms with Gasteiger partial charge in [0.05, 0.1) is 27.6 Å². The number of nitrogens with zero attached hydrogens (tertiary/aromatic N) is 2. The third-order valence-corrected chi connectivity index (χ3v) is 7.15. The molecule has 0 saturated carbocycles. The van der Waals surface area contributed by atoms with Crippen LogP contribution in [0.2, 0.25) is 0 Å². The molecule has 1 aliphatic heterocycles. The predicted octanol–water partition coefficient (Wildman–Crippen LogP) is 6.74. The fourth-order valence-corrected chi connectivity index (χ4v) is 4.90. The van der Waals surface area contributed by atoms with Crippen LogP contribution in [-0.2, 0) is 17.9 Å². The van der Waals surface area contributed by atoms with Gasteiger partial charge >= 0.3 is 0 Å². The Morgan fingerprint density at radius 2 is 1.85 bits per heavy atom. The molecule has 0 spiro atoms. The molecule has 2 amide bonds. The molecule has 1 fully saturated rings. The fraction of sp³-hybridized carbons (Fsp3) is 0.0800. The summed E-state index contributed by atoms with van der Waals surface area (Å²) < 4.78 is 7.82. The van der Waals surface area contributed by atoms with Gasteiger partial charge in [0.1, 0.15) is 12.4 Å². The first-order chi connectivity index (χ1) is 15.9. The number of benzene rings is 3. The number of nitriles is 1. The largest absolute Gasteiger partial charge is 0.488 e. The van der Waals surface area contributed by atoms with E-state index in [1.807, 2.05) is 42.5 Å². The van der Waals surface area contributed by atoms with E-state index in [1.54, 1.807) is 30.3 Å². The van der Waals surface area contributed by atoms with Gasteiger partial charge < -0.3 is 4.74 Å². The topological polar surface area (TPSA) is 70.4 Å². The number of amides is 2. The molecule has 33 heavy (non-hydrogen) atoms. The van der Waals surface area contributed by atoms with Crippen LogP contribution >= 0.6 is 50.3 Å². The van der Waals surface area contributed by atoms with Crippen LogP contribution < -0.4 is 4.74 Å². The van der Waals surface area contributed by atoms with Crippen LogP contribution in [-0.4, -0.2) is 16.0 Å². The number of carbonyl (C=O) groups excluding carboxylic acids is 2. The summed E-state index contributed by atoms with van der Waals surface area (Å²) in [5.41, 5.74) is 2.93. The molecular formula is C25H16BrIN2O3S. The van der Waals surface area contributed by atoms with Crippen molar-refractivity contribution in [2.45, 2.75) is 13.2 Å². The maximum Gasteiger partial charge on any atom is 0.293 e. The van der Waals surface area contributed by atoms with Crippen molar-refractivity contribution >= 4 is 67.5 Å². The Balaban J connectivity index is 1.46. The van der Waals surface area contributed by atoms with Crippen LogP contribution in [0.3, 0.4) is 0 Å². The lowest BCUT2D eigenvalue weighted by molar-refractivity contribution is -0.123. The van der Waals surface area contributed by atoms with Crippen LogP contribution in [0.4, 0.5) is 4.79 Å². The van der Waals surface area contributed by atoms with Crippen molar-refractivity contribution in [1.29, 1.82) is 5.26 Å². The molecule has 1 saturated heterocycles. The summed E-state index contributed by atoms with van der Waals surface area (Å²) in [6.07, 6.45) is 1.69. The Bertz CT molecular complexity index is 1300. The number of rotatable bonds is 6. The van der Waals surface area contributed by atoms with Crippen molar-refractivity contribution in [3.8, 4) is 11.8 Å². The Morgan fingerprint density at radius 3 is 2.58 bits per heavy atom. The Hall–Kier alpha value is -2.61. The zero-order valence-electron chi connectivity index (χ0n) is 17.1. The molecule has 4 rings (SSSR count). The van der Waals surface area contributed by atoms with Gasteiger partial charge in [-0.2, -0.15) is 5.26 Å². The molecule has 3 aromatic carbocycles. The maximum atomic E-state index is 12.9. The van der Waals surface area contributed by atoms with E-state index >= 15 is 0 Å². The third kappa shape index (κ3) is 5.66. The standard InChI is InChI=1S/C25H16BrIN2O3S/c26-21-11-17(7-10-22(21)32-15-16-5-8-20(27)9-6-16)12-23-24(30)29(25(31)33-23)14-19-4-2-1-3-18(19)13-28/h1-12H,14-15H2/b23-12+. The number of hydrogen-bond donors (Lipinski definition) is 0. The van der Waals surface area contributed by atoms with Crippen LogP contribution in [0, 0.1) is 14.9 Å². The second kappa shape index (κ2) is 10.5. The lowest BCUT2D eigenvalue weighted by Gasteiger charge is -2.13. The van der Waals surface area contributed by atoms with Crippen molar-refractivity contribution in [2.24, 2.45) is 0 Å². The van der Waals surface area contributed by atoms with E-state index in [4.69, 9.17) is 4.74 Å². The fourth-order valence-electron chi connectivity index (χ4n) is 3.19. The highest BCUT2D eigenvalue weighted by molar-refractivity contribution is 14.1. The Morgan fingerprint density at radius 1 is 1.09 bits per heavy atom. The normalized spacial score (nSPS) is 14.6. The van der Waals surface area contributed by atoms with Gasteiger partial charge in [-0.1, -0.05) is 36.4 Å². The van der Waals surface area contributed by atoms with Crippen molar-refractivity contribution < 1.29 is 14.3 Å². The average Bonchev–Trinajstić information content (AvgIpc) is 3.07. The summed E-state index contributed by atoms with van der Waals surface area (Å²) in [6, 6.07) is 22.7. The number of imide groups is 1. The second-order valence-electron chi connectivity index (χ2n) is 7.14. The molecule has 0 aliphatic carbocycles. The van der Waals surface area contributed by atoms with Gasteiger partial charge in [-0.15, -0.1) is 0 Å². The minimum atomic E-state index is -0.368. The SMILES string of the molecule is N#Cc1ccccc1CN1C(=O)S/C(=C/c2ccc(OCc3ccc(I)cc3)c(Br)c2)C1=O. The van der Waals surface area contributed by atoms with Crippen LogP contribution in [0.15, 0.2) is 76.1 Å². The number of thioether (sulfide) groups is 1. The summed E-state index contributed by atoms with van der Waals surface area (Å²) in [4.78, 5) is 26.8. The number of hydrogen-bond acceptors (Lipinski definition) is 5. The highest BCUT2D eigenvalue weighted by Gasteiger charge is 2.35. The maximum absolute atomic E-state index is 12.9. The highest BCUT2D eigenvalue weighted by Crippen LogP contribution is 2.35. The van der Waals surface area contributed by atoms with E-state index in [-0.39, 0.29) is 17.7 Å². The monoisotopic (exact) mass is 630 g/mol. The molecule has 5 nitrogen and oxygen atoms in total. The van der Waals surface area contributed by atoms with Crippen LogP contribution in [0.1, 0.15) is 22.3 Å². The zero-order valence-corrected chi connectivity index (χ0v) is 21.7. The number of carbonyl (C=O) groups is 2. The second-order valence-corrected chi connectivity index (χ2v) is 10.2. The molecule has 0 unspecified atom stereocenters. The molecule has 0 radical (unpaired) electrons. The molecule has 8 heteroatoms. The molecule has 0 aromatic heterocycles. The van der Waals surface area contributed by atoms with E-state index in [2.05, 4.69) is 44.6 Å². The first-order valence-corrected chi connectivity index (χ1v) is 12.5. The van der Waals surface area contributed by atoms with E-state index in [9.17, 15) is 14.9 Å². The van der Waals surface area contributed by atoms with Gasteiger partial charge in [0.2, 0.25) is 0 Å². The van der Waals surface area contributed by atoms with E-state index < -0.39 is 0 Å². The third-order valence-electron chi connectivity index (χ3n) is 4.90. The van der Waals surface area contributed by atoms with Crippen molar-refractivity contribution in [3.63, 3.8) is 0 Å². The van der Waals surface area contributed by atoms with Gasteiger partial charge in [-0.25, -0.2) is 0 Å². The number of ether oxygens (including phenoxy) is 1. The van der Waals surface area contributed by atoms with Crippen molar-refractivity contribution in [3.05, 3.63) is 102 Å². The Labute approximate surface area is 217 Å². The number of halogens is 2. The lowest BCUT2D eigenvalue weighted by atomic mass is 10.1. The molecule has 1 heterocycles.